The number of hydrogen-bond acceptors (Lipinski definition) is 6. The van der Waals surface area contributed by atoms with Gasteiger partial charge in [0.05, 0.1) is 11.6 Å². The van der Waals surface area contributed by atoms with Gasteiger partial charge in [0.1, 0.15) is 0 Å². The van der Waals surface area contributed by atoms with Crippen LogP contribution in [0.3, 0.4) is 0 Å². The molecule has 114 valence electrons. The van der Waals surface area contributed by atoms with Crippen molar-refractivity contribution in [2.75, 3.05) is 12.3 Å². The van der Waals surface area contributed by atoms with E-state index < -0.39 is 0 Å². The Morgan fingerprint density at radius 1 is 1.38 bits per heavy atom. The van der Waals surface area contributed by atoms with Gasteiger partial charge in [0.2, 0.25) is 0 Å². The average molecular weight is 323 g/mol. The summed E-state index contributed by atoms with van der Waals surface area (Å²) in [5.74, 6) is 0.993. The number of nitrogens with zero attached hydrogens (tertiary/aromatic N) is 3. The normalized spacial score (nSPS) is 33.0. The lowest BCUT2D eigenvalue weighted by Gasteiger charge is -2.22. The molecule has 4 heterocycles. The second-order valence-electron chi connectivity index (χ2n) is 6.89. The highest BCUT2D eigenvalue weighted by atomic mass is 32.2. The van der Waals surface area contributed by atoms with Gasteiger partial charge < -0.3 is 10.2 Å². The summed E-state index contributed by atoms with van der Waals surface area (Å²) < 4.78 is 0. The quantitative estimate of drug-likeness (QED) is 0.848. The Bertz CT molecular complexity index is 530. The van der Waals surface area contributed by atoms with Crippen LogP contribution in [0.5, 0.6) is 0 Å². The average Bonchev–Trinajstić information content (AvgIpc) is 2.79. The van der Waals surface area contributed by atoms with E-state index in [0.717, 1.165) is 17.5 Å². The zero-order valence-corrected chi connectivity index (χ0v) is 14.3. The molecule has 2 bridgehead atoms. The summed E-state index contributed by atoms with van der Waals surface area (Å²) in [4.78, 5) is 12.0. The number of nitrogens with one attached hydrogen (secondary N) is 1. The van der Waals surface area contributed by atoms with Crippen LogP contribution in [0.1, 0.15) is 39.5 Å². The van der Waals surface area contributed by atoms with E-state index in [2.05, 4.69) is 29.5 Å². The number of fused-ring (bicyclic) bond motifs is 4. The van der Waals surface area contributed by atoms with Gasteiger partial charge in [0.15, 0.2) is 10.3 Å². The number of thioether (sulfide) groups is 2. The van der Waals surface area contributed by atoms with Crippen LogP contribution in [0, 0.1) is 0 Å². The van der Waals surface area contributed by atoms with Crippen molar-refractivity contribution in [3.63, 3.8) is 0 Å². The minimum absolute atomic E-state index is 0.0592. The highest BCUT2D eigenvalue weighted by molar-refractivity contribution is 8.17. The molecular weight excluding hydrogens is 300 g/mol. The van der Waals surface area contributed by atoms with Crippen molar-refractivity contribution in [2.45, 2.75) is 57.2 Å². The van der Waals surface area contributed by atoms with Crippen molar-refractivity contribution < 1.29 is 0 Å². The van der Waals surface area contributed by atoms with E-state index in [1.165, 1.54) is 36.5 Å². The van der Waals surface area contributed by atoms with Crippen LogP contribution in [0.15, 0.2) is 21.1 Å². The van der Waals surface area contributed by atoms with E-state index in [1.54, 1.807) is 11.8 Å². The maximum absolute atomic E-state index is 4.90. The molecule has 0 amide bonds. The van der Waals surface area contributed by atoms with Gasteiger partial charge >= 0.3 is 0 Å². The summed E-state index contributed by atoms with van der Waals surface area (Å²) in [6.45, 7) is 5.42. The molecule has 0 aromatic rings. The van der Waals surface area contributed by atoms with Crippen molar-refractivity contribution >= 4 is 33.9 Å². The van der Waals surface area contributed by atoms with E-state index in [9.17, 15) is 0 Å². The molecule has 0 radical (unpaired) electrons. The molecule has 0 saturated heterocycles. The summed E-state index contributed by atoms with van der Waals surface area (Å²) in [5, 5.41) is 8.23. The van der Waals surface area contributed by atoms with Gasteiger partial charge in [-0.2, -0.15) is 0 Å². The van der Waals surface area contributed by atoms with Crippen molar-refractivity contribution in [3.8, 4) is 0 Å². The van der Waals surface area contributed by atoms with Crippen LogP contribution < -0.4 is 5.32 Å². The Labute approximate surface area is 134 Å². The van der Waals surface area contributed by atoms with Crippen LogP contribution in [0.4, 0.5) is 0 Å². The lowest BCUT2D eigenvalue weighted by Crippen LogP contribution is -2.33. The molecule has 0 spiro atoms. The van der Waals surface area contributed by atoms with Crippen molar-refractivity contribution in [1.29, 1.82) is 0 Å². The molecule has 1 N–H and O–H groups in total. The van der Waals surface area contributed by atoms with Crippen LogP contribution in [-0.4, -0.2) is 45.2 Å². The zero-order chi connectivity index (χ0) is 14.4. The molecular formula is C15H22N4S2. The molecule has 0 aromatic carbocycles. The topological polar surface area (TPSA) is 40.0 Å². The summed E-state index contributed by atoms with van der Waals surface area (Å²) in [5.41, 5.74) is 1.44. The predicted octanol–water partition coefficient (Wildman–Crippen LogP) is 3.03. The van der Waals surface area contributed by atoms with Crippen molar-refractivity contribution in [3.05, 3.63) is 11.1 Å². The van der Waals surface area contributed by atoms with E-state index >= 15 is 0 Å². The summed E-state index contributed by atoms with van der Waals surface area (Å²) in [6, 6.07) is 1.22. The van der Waals surface area contributed by atoms with Crippen LogP contribution in [-0.2, 0) is 0 Å². The Kier molecular flexibility index (Phi) is 3.49. The highest BCUT2D eigenvalue weighted by Gasteiger charge is 2.36. The van der Waals surface area contributed by atoms with Gasteiger partial charge in [0.25, 0.3) is 0 Å². The first kappa shape index (κ1) is 14.0. The standard InChI is InChI=1S/C15H22N4S2/c1-15(2)9-19-12(8-21-14(19)18-15)7-20-13-16-10-3-4-11(17-13)6-5-10/h8,10-11H,3-7,9H2,1-2H3,(H,16,17). The molecule has 1 fully saturated rings. The Morgan fingerprint density at radius 3 is 3.00 bits per heavy atom. The molecule has 21 heavy (non-hydrogen) atoms. The fourth-order valence-electron chi connectivity index (χ4n) is 3.37. The van der Waals surface area contributed by atoms with E-state index in [-0.39, 0.29) is 5.54 Å². The molecule has 5 rings (SSSR count). The zero-order valence-electron chi connectivity index (χ0n) is 12.6. The number of hydrogen-bond donors (Lipinski definition) is 1. The molecule has 4 nitrogen and oxygen atoms in total. The van der Waals surface area contributed by atoms with Crippen molar-refractivity contribution in [1.82, 2.24) is 10.2 Å². The van der Waals surface area contributed by atoms with Crippen LogP contribution in [0.25, 0.3) is 0 Å². The largest absolute Gasteiger partial charge is 0.362 e. The minimum atomic E-state index is 0.0592. The monoisotopic (exact) mass is 322 g/mol. The first-order valence-corrected chi connectivity index (χ1v) is 9.66. The summed E-state index contributed by atoms with van der Waals surface area (Å²) in [6.07, 6.45) is 5.09. The Hall–Kier alpha value is -0.620. The van der Waals surface area contributed by atoms with E-state index in [1.807, 2.05) is 11.8 Å². The predicted molar refractivity (Wildman–Crippen MR) is 93.0 cm³/mol. The SMILES string of the molecule is CC1(C)CN2C(CSC3=NC4CCC(CC4)N3)=CSC2=N1. The first-order valence-electron chi connectivity index (χ1n) is 7.79. The maximum Gasteiger partial charge on any atom is 0.168 e. The van der Waals surface area contributed by atoms with Crippen molar-refractivity contribution in [2.24, 2.45) is 9.98 Å². The van der Waals surface area contributed by atoms with Gasteiger partial charge in [0, 0.05) is 24.0 Å². The van der Waals surface area contributed by atoms with Gasteiger partial charge in [-0.3, -0.25) is 9.98 Å². The van der Waals surface area contributed by atoms with Gasteiger partial charge in [-0.15, -0.1) is 0 Å². The second-order valence-corrected chi connectivity index (χ2v) is 8.69. The molecule has 6 heteroatoms. The molecule has 5 aliphatic rings. The molecule has 1 saturated carbocycles. The summed E-state index contributed by atoms with van der Waals surface area (Å²) >= 11 is 3.63. The minimum Gasteiger partial charge on any atom is -0.362 e. The van der Waals surface area contributed by atoms with E-state index in [4.69, 9.17) is 9.98 Å². The molecule has 1 aliphatic carbocycles. The van der Waals surface area contributed by atoms with Gasteiger partial charge in [-0.05, 0) is 44.9 Å². The number of aliphatic imine (C=N–C) groups is 2. The van der Waals surface area contributed by atoms with Gasteiger partial charge in [-0.25, -0.2) is 0 Å². The third-order valence-electron chi connectivity index (χ3n) is 4.50. The third kappa shape index (κ3) is 2.84. The number of rotatable bonds is 2. The second kappa shape index (κ2) is 5.23. The lowest BCUT2D eigenvalue weighted by molar-refractivity contribution is 0.394. The number of amidine groups is 2. The summed E-state index contributed by atoms with van der Waals surface area (Å²) in [7, 11) is 0. The fourth-order valence-corrected chi connectivity index (χ4v) is 5.53. The van der Waals surface area contributed by atoms with Gasteiger partial charge in [-0.1, -0.05) is 23.5 Å². The van der Waals surface area contributed by atoms with Crippen LogP contribution >= 0.6 is 23.5 Å². The maximum atomic E-state index is 4.90. The third-order valence-corrected chi connectivity index (χ3v) is 6.35. The lowest BCUT2D eigenvalue weighted by atomic mass is 9.93. The highest BCUT2D eigenvalue weighted by Crippen LogP contribution is 2.37. The smallest absolute Gasteiger partial charge is 0.168 e. The fraction of sp³-hybridized carbons (Fsp3) is 0.733. The van der Waals surface area contributed by atoms with Crippen LogP contribution in [0.2, 0.25) is 0 Å². The first-order chi connectivity index (χ1) is 10.1. The van der Waals surface area contributed by atoms with E-state index in [0.29, 0.717) is 12.1 Å². The molecule has 4 aliphatic heterocycles. The Balaban J connectivity index is 1.39. The molecule has 0 unspecified atom stereocenters. The molecule has 0 aromatic heterocycles. The molecule has 0 atom stereocenters. The Morgan fingerprint density at radius 2 is 2.19 bits per heavy atom.